The Balaban J connectivity index is 1.75. The highest BCUT2D eigenvalue weighted by molar-refractivity contribution is 7.90. The topological polar surface area (TPSA) is 87.6 Å². The third-order valence-electron chi connectivity index (χ3n) is 4.36. The zero-order valence-electron chi connectivity index (χ0n) is 15.1. The minimum atomic E-state index is -3.47. The summed E-state index contributed by atoms with van der Waals surface area (Å²) in [5, 5.41) is 3.02. The lowest BCUT2D eigenvalue weighted by Crippen LogP contribution is -2.42. The van der Waals surface area contributed by atoms with Crippen molar-refractivity contribution in [3.63, 3.8) is 0 Å². The Labute approximate surface area is 150 Å². The number of hydrogen-bond donors (Lipinski definition) is 2. The summed E-state index contributed by atoms with van der Waals surface area (Å²) in [7, 11) is -3.47. The van der Waals surface area contributed by atoms with E-state index >= 15 is 0 Å². The summed E-state index contributed by atoms with van der Waals surface area (Å²) in [5.41, 5.74) is 0.472. The van der Waals surface area contributed by atoms with E-state index in [1.54, 1.807) is 24.3 Å². The number of rotatable bonds is 8. The molecular formula is C18H27N3O3S. The fourth-order valence-corrected chi connectivity index (χ4v) is 3.80. The average molecular weight is 365 g/mol. The third-order valence-corrected chi connectivity index (χ3v) is 5.75. The summed E-state index contributed by atoms with van der Waals surface area (Å²) in [6, 6.07) is 6.83. The molecule has 25 heavy (non-hydrogen) atoms. The smallest absolute Gasteiger partial charge is 0.263 e. The maximum atomic E-state index is 12.0. The first-order chi connectivity index (χ1) is 11.7. The highest BCUT2D eigenvalue weighted by atomic mass is 32.2. The van der Waals surface area contributed by atoms with Crippen molar-refractivity contribution < 1.29 is 13.2 Å². The molecule has 0 spiro atoms. The second-order valence-electron chi connectivity index (χ2n) is 6.93. The number of nitrogens with zero attached hydrogens (tertiary/aromatic N) is 1. The van der Waals surface area contributed by atoms with Crippen molar-refractivity contribution in [2.75, 3.05) is 6.54 Å². The zero-order valence-corrected chi connectivity index (χ0v) is 15.9. The Bertz CT molecular complexity index is 755. The molecule has 0 unspecified atom stereocenters. The average Bonchev–Trinajstić information content (AvgIpc) is 2.82. The number of fused-ring (bicyclic) bond motifs is 1. The van der Waals surface area contributed by atoms with Crippen LogP contribution in [0.2, 0.25) is 0 Å². The number of benzene rings is 1. The van der Waals surface area contributed by atoms with Crippen LogP contribution in [0.3, 0.4) is 0 Å². The summed E-state index contributed by atoms with van der Waals surface area (Å²) >= 11 is 0. The minimum absolute atomic E-state index is 0.0793. The molecule has 1 heterocycles. The number of hydrogen-bond acceptors (Lipinski definition) is 4. The van der Waals surface area contributed by atoms with Crippen molar-refractivity contribution in [1.29, 1.82) is 0 Å². The van der Waals surface area contributed by atoms with Gasteiger partial charge < -0.3 is 5.32 Å². The monoisotopic (exact) mass is 365 g/mol. The van der Waals surface area contributed by atoms with E-state index in [1.807, 2.05) is 13.8 Å². The molecule has 138 valence electrons. The van der Waals surface area contributed by atoms with Crippen LogP contribution in [0.1, 0.15) is 58.4 Å². The van der Waals surface area contributed by atoms with E-state index < -0.39 is 10.0 Å². The van der Waals surface area contributed by atoms with Crippen molar-refractivity contribution in [2.24, 2.45) is 4.99 Å². The predicted octanol–water partition coefficient (Wildman–Crippen LogP) is 2.59. The van der Waals surface area contributed by atoms with Gasteiger partial charge in [-0.2, -0.15) is 0 Å². The van der Waals surface area contributed by atoms with Gasteiger partial charge in [-0.05, 0) is 45.2 Å². The van der Waals surface area contributed by atoms with Crippen LogP contribution in [-0.2, 0) is 14.8 Å². The molecule has 2 N–H and O–H groups in total. The van der Waals surface area contributed by atoms with Gasteiger partial charge in [0, 0.05) is 24.1 Å². The number of carbonyl (C=O) groups is 1. The fraction of sp³-hybridized carbons (Fsp3) is 0.556. The summed E-state index contributed by atoms with van der Waals surface area (Å²) in [5.74, 6) is 0.494. The molecule has 7 heteroatoms. The second-order valence-corrected chi connectivity index (χ2v) is 8.58. The van der Waals surface area contributed by atoms with Crippen LogP contribution in [0.4, 0.5) is 0 Å². The number of nitrogens with one attached hydrogen (secondary N) is 2. The molecule has 1 aromatic carbocycles. The van der Waals surface area contributed by atoms with Crippen molar-refractivity contribution in [3.8, 4) is 0 Å². The largest absolute Gasteiger partial charge is 0.351 e. The van der Waals surface area contributed by atoms with Gasteiger partial charge in [-0.1, -0.05) is 25.5 Å². The van der Waals surface area contributed by atoms with Crippen LogP contribution in [0.25, 0.3) is 0 Å². The normalized spacial score (nSPS) is 17.2. The number of amidine groups is 1. The van der Waals surface area contributed by atoms with E-state index in [0.717, 1.165) is 25.7 Å². The molecule has 1 aliphatic rings. The summed E-state index contributed by atoms with van der Waals surface area (Å²) in [4.78, 5) is 16.5. The van der Waals surface area contributed by atoms with Crippen LogP contribution in [0, 0.1) is 0 Å². The Morgan fingerprint density at radius 2 is 1.92 bits per heavy atom. The van der Waals surface area contributed by atoms with Gasteiger partial charge in [0.1, 0.15) is 5.84 Å². The van der Waals surface area contributed by atoms with Crippen LogP contribution < -0.4 is 10.0 Å². The Hall–Kier alpha value is -1.89. The molecule has 0 radical (unpaired) electrons. The number of sulfonamides is 1. The SMILES string of the molecule is CCC(C)(C)NC(=O)CCCCCN=C1NS(=O)(=O)c2ccccc21. The van der Waals surface area contributed by atoms with E-state index in [4.69, 9.17) is 0 Å². The maximum Gasteiger partial charge on any atom is 0.263 e. The van der Waals surface area contributed by atoms with Crippen LogP contribution in [0.15, 0.2) is 34.2 Å². The van der Waals surface area contributed by atoms with Crippen LogP contribution >= 0.6 is 0 Å². The van der Waals surface area contributed by atoms with E-state index in [1.165, 1.54) is 0 Å². The Morgan fingerprint density at radius 1 is 1.20 bits per heavy atom. The molecule has 1 aliphatic heterocycles. The van der Waals surface area contributed by atoms with Crippen molar-refractivity contribution in [2.45, 2.75) is 63.3 Å². The molecule has 0 bridgehead atoms. The molecule has 0 atom stereocenters. The van der Waals surface area contributed by atoms with Gasteiger partial charge in [0.05, 0.1) is 4.90 Å². The van der Waals surface area contributed by atoms with Crippen LogP contribution in [0.5, 0.6) is 0 Å². The minimum Gasteiger partial charge on any atom is -0.351 e. The molecular weight excluding hydrogens is 338 g/mol. The van der Waals surface area contributed by atoms with E-state index in [-0.39, 0.29) is 16.3 Å². The lowest BCUT2D eigenvalue weighted by molar-refractivity contribution is -0.122. The Morgan fingerprint density at radius 3 is 2.64 bits per heavy atom. The van der Waals surface area contributed by atoms with E-state index in [9.17, 15) is 13.2 Å². The first-order valence-corrected chi connectivity index (χ1v) is 10.2. The lowest BCUT2D eigenvalue weighted by Gasteiger charge is -2.24. The quantitative estimate of drug-likeness (QED) is 0.694. The third kappa shape index (κ3) is 5.29. The van der Waals surface area contributed by atoms with Crippen molar-refractivity contribution in [3.05, 3.63) is 29.8 Å². The first kappa shape index (κ1) is 19.4. The van der Waals surface area contributed by atoms with E-state index in [2.05, 4.69) is 22.0 Å². The predicted molar refractivity (Wildman–Crippen MR) is 99.1 cm³/mol. The van der Waals surface area contributed by atoms with E-state index in [0.29, 0.717) is 24.4 Å². The number of carbonyl (C=O) groups excluding carboxylic acids is 1. The van der Waals surface area contributed by atoms with Crippen LogP contribution in [-0.4, -0.2) is 32.2 Å². The van der Waals surface area contributed by atoms with Gasteiger partial charge in [-0.3, -0.25) is 14.5 Å². The van der Waals surface area contributed by atoms with Gasteiger partial charge in [0.2, 0.25) is 5.91 Å². The zero-order chi connectivity index (χ0) is 18.5. The number of amides is 1. The number of unbranched alkanes of at least 4 members (excludes halogenated alkanes) is 2. The highest BCUT2D eigenvalue weighted by Crippen LogP contribution is 2.22. The summed E-state index contributed by atoms with van der Waals surface area (Å²) in [6.07, 6.45) is 3.91. The van der Waals surface area contributed by atoms with Gasteiger partial charge in [0.15, 0.2) is 0 Å². The van der Waals surface area contributed by atoms with Gasteiger partial charge in [-0.15, -0.1) is 0 Å². The molecule has 6 nitrogen and oxygen atoms in total. The molecule has 0 aliphatic carbocycles. The standard InChI is InChI=1S/C18H27N3O3S/c1-4-18(2,3)20-16(22)12-6-5-9-13-19-17-14-10-7-8-11-15(14)25(23,24)21-17/h7-8,10-11H,4-6,9,12-13H2,1-3H3,(H,19,21)(H,20,22). The van der Waals surface area contributed by atoms with Gasteiger partial charge in [-0.25, -0.2) is 8.42 Å². The highest BCUT2D eigenvalue weighted by Gasteiger charge is 2.29. The first-order valence-electron chi connectivity index (χ1n) is 8.73. The van der Waals surface area contributed by atoms with Gasteiger partial charge in [0.25, 0.3) is 10.0 Å². The maximum absolute atomic E-state index is 12.0. The molecule has 1 amide bonds. The summed E-state index contributed by atoms with van der Waals surface area (Å²) in [6.45, 7) is 6.62. The molecule has 2 rings (SSSR count). The molecule has 0 aromatic heterocycles. The lowest BCUT2D eigenvalue weighted by atomic mass is 10.0. The van der Waals surface area contributed by atoms with Crippen molar-refractivity contribution >= 4 is 21.8 Å². The van der Waals surface area contributed by atoms with Crippen molar-refractivity contribution in [1.82, 2.24) is 10.0 Å². The molecule has 0 saturated carbocycles. The molecule has 0 fully saturated rings. The Kier molecular flexibility index (Phi) is 6.21. The number of aliphatic imine (C=N–C) groups is 1. The molecule has 1 aromatic rings. The van der Waals surface area contributed by atoms with Gasteiger partial charge >= 0.3 is 0 Å². The second kappa shape index (κ2) is 7.99. The molecule has 0 saturated heterocycles. The summed E-state index contributed by atoms with van der Waals surface area (Å²) < 4.78 is 26.4. The fourth-order valence-electron chi connectivity index (χ4n) is 2.54.